The molecule has 1 aromatic carbocycles. The summed E-state index contributed by atoms with van der Waals surface area (Å²) in [6.45, 7) is -0.694. The van der Waals surface area contributed by atoms with Crippen LogP contribution in [-0.2, 0) is 9.53 Å². The van der Waals surface area contributed by atoms with Crippen molar-refractivity contribution in [2.75, 3.05) is 24.3 Å². The minimum Gasteiger partial charge on any atom is -0.398 e. The minimum absolute atomic E-state index is 0.0166. The lowest BCUT2D eigenvalue weighted by atomic mass is 10.2. The molecule has 0 aliphatic rings. The predicted molar refractivity (Wildman–Crippen MR) is 68.6 cm³/mol. The normalized spacial score (nSPS) is 10.7. The number of benzene rings is 1. The van der Waals surface area contributed by atoms with E-state index in [0.29, 0.717) is 11.4 Å². The average molecular weight is 323 g/mol. The van der Waals surface area contributed by atoms with Crippen LogP contribution in [0.4, 0.5) is 20.2 Å². The van der Waals surface area contributed by atoms with Crippen LogP contribution in [0.1, 0.15) is 6.42 Å². The third-order valence-electron chi connectivity index (χ3n) is 2.00. The maximum absolute atomic E-state index is 11.7. The number of alkyl halides is 2. The van der Waals surface area contributed by atoms with Crippen molar-refractivity contribution in [3.63, 3.8) is 0 Å². The summed E-state index contributed by atoms with van der Waals surface area (Å²) < 4.78 is 28.8. The molecule has 100 valence electrons. The molecule has 4 nitrogen and oxygen atoms in total. The van der Waals surface area contributed by atoms with E-state index in [1.165, 1.54) is 0 Å². The molecular weight excluding hydrogens is 310 g/mol. The van der Waals surface area contributed by atoms with Crippen LogP contribution in [0.3, 0.4) is 0 Å². The molecule has 0 aliphatic carbocycles. The Balaban J connectivity index is 2.33. The summed E-state index contributed by atoms with van der Waals surface area (Å²) in [4.78, 5) is 11.4. The van der Waals surface area contributed by atoms with Crippen molar-refractivity contribution < 1.29 is 18.3 Å². The number of ether oxygens (including phenoxy) is 1. The predicted octanol–water partition coefficient (Wildman–Crippen LogP) is 2.64. The Morgan fingerprint density at radius 2 is 2.22 bits per heavy atom. The van der Waals surface area contributed by atoms with Gasteiger partial charge in [0.1, 0.15) is 6.61 Å². The number of amides is 1. The molecule has 0 fully saturated rings. The van der Waals surface area contributed by atoms with E-state index >= 15 is 0 Å². The third-order valence-corrected chi connectivity index (χ3v) is 2.72. The van der Waals surface area contributed by atoms with Crippen LogP contribution in [-0.4, -0.2) is 25.5 Å². The fourth-order valence-corrected chi connectivity index (χ4v) is 1.43. The lowest BCUT2D eigenvalue weighted by Crippen LogP contribution is -2.15. The first kappa shape index (κ1) is 14.8. The van der Waals surface area contributed by atoms with Gasteiger partial charge < -0.3 is 15.8 Å². The molecule has 0 saturated heterocycles. The van der Waals surface area contributed by atoms with Crippen LogP contribution >= 0.6 is 15.9 Å². The number of nitrogens with two attached hydrogens (primary N) is 1. The van der Waals surface area contributed by atoms with Crippen LogP contribution < -0.4 is 11.1 Å². The van der Waals surface area contributed by atoms with E-state index in [4.69, 9.17) is 5.73 Å². The van der Waals surface area contributed by atoms with Gasteiger partial charge in [-0.3, -0.25) is 4.79 Å². The molecular formula is C11H13BrF2N2O2. The summed E-state index contributed by atoms with van der Waals surface area (Å²) in [6, 6.07) is 4.98. The van der Waals surface area contributed by atoms with Gasteiger partial charge in [-0.05, 0) is 34.1 Å². The molecule has 0 unspecified atom stereocenters. The second-order valence-corrected chi connectivity index (χ2v) is 4.35. The van der Waals surface area contributed by atoms with Crippen molar-refractivity contribution in [3.05, 3.63) is 22.7 Å². The van der Waals surface area contributed by atoms with Gasteiger partial charge in [-0.25, -0.2) is 8.78 Å². The van der Waals surface area contributed by atoms with E-state index < -0.39 is 13.0 Å². The average Bonchev–Trinajstić information content (AvgIpc) is 2.29. The smallest absolute Gasteiger partial charge is 0.261 e. The summed E-state index contributed by atoms with van der Waals surface area (Å²) in [5.74, 6) is -0.314. The van der Waals surface area contributed by atoms with Gasteiger partial charge in [-0.2, -0.15) is 0 Å². The first-order valence-electron chi connectivity index (χ1n) is 5.20. The van der Waals surface area contributed by atoms with Crippen molar-refractivity contribution in [2.45, 2.75) is 12.8 Å². The van der Waals surface area contributed by atoms with Crippen LogP contribution in [0.25, 0.3) is 0 Å². The van der Waals surface area contributed by atoms with Crippen molar-refractivity contribution in [1.29, 1.82) is 0 Å². The highest BCUT2D eigenvalue weighted by Crippen LogP contribution is 2.22. The molecule has 0 spiro atoms. The molecule has 0 heterocycles. The van der Waals surface area contributed by atoms with E-state index in [0.717, 1.165) is 4.47 Å². The Hall–Kier alpha value is -1.21. The van der Waals surface area contributed by atoms with Gasteiger partial charge in [0.25, 0.3) is 6.43 Å². The highest BCUT2D eigenvalue weighted by atomic mass is 79.9. The summed E-state index contributed by atoms with van der Waals surface area (Å²) in [5.41, 5.74) is 6.70. The highest BCUT2D eigenvalue weighted by Gasteiger charge is 2.06. The number of hydrogen-bond acceptors (Lipinski definition) is 3. The molecule has 0 aromatic heterocycles. The first-order valence-corrected chi connectivity index (χ1v) is 5.99. The number of carbonyl (C=O) groups is 1. The van der Waals surface area contributed by atoms with Crippen LogP contribution in [0.2, 0.25) is 0 Å². The summed E-state index contributed by atoms with van der Waals surface area (Å²) in [5, 5.41) is 2.59. The van der Waals surface area contributed by atoms with Crippen molar-refractivity contribution in [1.82, 2.24) is 0 Å². The molecule has 0 aliphatic heterocycles. The molecule has 0 bridgehead atoms. The second-order valence-electron chi connectivity index (χ2n) is 3.50. The van der Waals surface area contributed by atoms with Gasteiger partial charge in [0.2, 0.25) is 5.91 Å². The standard InChI is InChI=1S/C11H13BrF2N2O2/c12-8-2-1-7(5-9(8)15)16-11(17)3-4-18-6-10(13)14/h1-2,5,10H,3-4,6,15H2,(H,16,17). The fraction of sp³-hybridized carbons (Fsp3) is 0.364. The Morgan fingerprint density at radius 3 is 2.83 bits per heavy atom. The fourth-order valence-electron chi connectivity index (χ4n) is 1.18. The topological polar surface area (TPSA) is 64.3 Å². The zero-order valence-corrected chi connectivity index (χ0v) is 11.0. The lowest BCUT2D eigenvalue weighted by Gasteiger charge is -2.07. The zero-order valence-electron chi connectivity index (χ0n) is 9.46. The van der Waals surface area contributed by atoms with E-state index in [-0.39, 0.29) is 18.9 Å². The summed E-state index contributed by atoms with van der Waals surface area (Å²) in [6.07, 6.45) is -2.50. The number of carbonyl (C=O) groups excluding carboxylic acids is 1. The van der Waals surface area contributed by atoms with Crippen LogP contribution in [0.15, 0.2) is 22.7 Å². The van der Waals surface area contributed by atoms with E-state index in [1.807, 2.05) is 0 Å². The maximum Gasteiger partial charge on any atom is 0.261 e. The Labute approximate surface area is 112 Å². The first-order chi connectivity index (χ1) is 8.49. The van der Waals surface area contributed by atoms with Gasteiger partial charge in [-0.15, -0.1) is 0 Å². The highest BCUT2D eigenvalue weighted by molar-refractivity contribution is 9.10. The number of nitrogens with one attached hydrogen (secondary N) is 1. The quantitative estimate of drug-likeness (QED) is 0.625. The third kappa shape index (κ3) is 5.42. The van der Waals surface area contributed by atoms with E-state index in [1.54, 1.807) is 18.2 Å². The van der Waals surface area contributed by atoms with Gasteiger partial charge >= 0.3 is 0 Å². The van der Waals surface area contributed by atoms with E-state index in [2.05, 4.69) is 26.0 Å². The summed E-state index contributed by atoms with van der Waals surface area (Å²) in [7, 11) is 0. The Morgan fingerprint density at radius 1 is 1.50 bits per heavy atom. The lowest BCUT2D eigenvalue weighted by molar-refractivity contribution is -0.117. The van der Waals surface area contributed by atoms with Crippen molar-refractivity contribution in [2.24, 2.45) is 0 Å². The largest absolute Gasteiger partial charge is 0.398 e. The monoisotopic (exact) mass is 322 g/mol. The number of rotatable bonds is 6. The number of nitrogen functional groups attached to an aromatic ring is 1. The SMILES string of the molecule is Nc1cc(NC(=O)CCOCC(F)F)ccc1Br. The summed E-state index contributed by atoms with van der Waals surface area (Å²) >= 11 is 3.23. The van der Waals surface area contributed by atoms with E-state index in [9.17, 15) is 13.6 Å². The molecule has 1 amide bonds. The molecule has 0 saturated carbocycles. The molecule has 1 aromatic rings. The number of hydrogen-bond donors (Lipinski definition) is 2. The molecule has 7 heteroatoms. The van der Waals surface area contributed by atoms with Gasteiger partial charge in [0, 0.05) is 15.8 Å². The minimum atomic E-state index is -2.51. The van der Waals surface area contributed by atoms with Crippen LogP contribution in [0.5, 0.6) is 0 Å². The van der Waals surface area contributed by atoms with Crippen molar-refractivity contribution in [3.8, 4) is 0 Å². The van der Waals surface area contributed by atoms with Gasteiger partial charge in [0.05, 0.1) is 13.0 Å². The Bertz CT molecular complexity index is 416. The van der Waals surface area contributed by atoms with Gasteiger partial charge in [0.15, 0.2) is 0 Å². The van der Waals surface area contributed by atoms with Crippen LogP contribution in [0, 0.1) is 0 Å². The molecule has 0 atom stereocenters. The number of anilines is 2. The molecule has 3 N–H and O–H groups in total. The molecule has 0 radical (unpaired) electrons. The molecule has 18 heavy (non-hydrogen) atoms. The van der Waals surface area contributed by atoms with Gasteiger partial charge in [-0.1, -0.05) is 0 Å². The second kappa shape index (κ2) is 7.27. The molecule has 1 rings (SSSR count). The zero-order chi connectivity index (χ0) is 13.5. The van der Waals surface area contributed by atoms with Crippen molar-refractivity contribution >= 4 is 33.2 Å². The number of halogens is 3. The maximum atomic E-state index is 11.7. The Kier molecular flexibility index (Phi) is 6.00.